The van der Waals surface area contributed by atoms with Crippen LogP contribution >= 0.6 is 0 Å². The highest BCUT2D eigenvalue weighted by Crippen LogP contribution is 2.36. The molecule has 1 aliphatic carbocycles. The maximum absolute atomic E-state index is 11.5. The van der Waals surface area contributed by atoms with Crippen molar-refractivity contribution in [1.29, 1.82) is 0 Å². The van der Waals surface area contributed by atoms with Crippen LogP contribution < -0.4 is 5.43 Å². The maximum Gasteiger partial charge on any atom is 0.235 e. The van der Waals surface area contributed by atoms with E-state index in [9.17, 15) is 9.90 Å². The fraction of sp³-hybridized carbons (Fsp3) is 0.312. The molecule has 0 unspecified atom stereocenters. The Hall–Kier alpha value is -1.91. The molecule has 4 nitrogen and oxygen atoms in total. The van der Waals surface area contributed by atoms with Crippen LogP contribution in [0.2, 0.25) is 0 Å². The summed E-state index contributed by atoms with van der Waals surface area (Å²) in [4.78, 5) is 11.5. The van der Waals surface area contributed by atoms with Crippen molar-refractivity contribution in [2.45, 2.75) is 24.5 Å². The Balaban J connectivity index is 2.05. The Kier molecular flexibility index (Phi) is 3.00. The summed E-state index contributed by atoms with van der Waals surface area (Å²) in [5.41, 5.74) is 2.49. The summed E-state index contributed by atoms with van der Waals surface area (Å²) in [5.74, 6) is 0.0273. The molecule has 1 aromatic rings. The van der Waals surface area contributed by atoms with E-state index in [1.165, 1.54) is 0 Å². The van der Waals surface area contributed by atoms with Gasteiger partial charge in [-0.1, -0.05) is 54.6 Å². The number of benzene rings is 1. The van der Waals surface area contributed by atoms with Gasteiger partial charge in [0.15, 0.2) is 0 Å². The number of aliphatic hydroxyl groups is 1. The first-order chi connectivity index (χ1) is 9.52. The molecule has 104 valence electrons. The molecule has 2 aliphatic rings. The van der Waals surface area contributed by atoms with Crippen molar-refractivity contribution >= 4 is 5.91 Å². The predicted molar refractivity (Wildman–Crippen MR) is 76.5 cm³/mol. The number of carbonyl (C=O) groups is 1. The summed E-state index contributed by atoms with van der Waals surface area (Å²) in [6.45, 7) is 2.38. The van der Waals surface area contributed by atoms with Gasteiger partial charge in [-0.15, -0.1) is 0 Å². The van der Waals surface area contributed by atoms with Gasteiger partial charge in [-0.2, -0.15) is 0 Å². The maximum atomic E-state index is 11.5. The Morgan fingerprint density at radius 3 is 2.35 bits per heavy atom. The van der Waals surface area contributed by atoms with Crippen LogP contribution in [-0.2, 0) is 10.3 Å². The number of hydrogen-bond donors (Lipinski definition) is 2. The highest BCUT2D eigenvalue weighted by atomic mass is 16.3. The molecule has 1 saturated heterocycles. The van der Waals surface area contributed by atoms with E-state index in [0.717, 1.165) is 5.56 Å². The van der Waals surface area contributed by atoms with Crippen molar-refractivity contribution < 1.29 is 9.90 Å². The monoisotopic (exact) mass is 270 g/mol. The number of hydrazine groups is 1. The molecule has 0 radical (unpaired) electrons. The summed E-state index contributed by atoms with van der Waals surface area (Å²) in [6, 6.07) is 9.97. The van der Waals surface area contributed by atoms with Gasteiger partial charge in [-0.3, -0.25) is 10.2 Å². The second kappa shape index (κ2) is 4.58. The lowest BCUT2D eigenvalue weighted by atomic mass is 9.82. The zero-order valence-electron chi connectivity index (χ0n) is 11.4. The highest BCUT2D eigenvalue weighted by molar-refractivity contribution is 5.77. The number of nitrogens with one attached hydrogen (secondary N) is 1. The lowest BCUT2D eigenvalue weighted by Crippen LogP contribution is -2.50. The first-order valence-electron chi connectivity index (χ1n) is 6.78. The number of rotatable bonds is 2. The number of amides is 1. The van der Waals surface area contributed by atoms with E-state index in [-0.39, 0.29) is 5.91 Å². The van der Waals surface area contributed by atoms with Gasteiger partial charge in [0.25, 0.3) is 0 Å². The van der Waals surface area contributed by atoms with Crippen LogP contribution in [0.4, 0.5) is 0 Å². The third-order valence-electron chi connectivity index (χ3n) is 3.85. The number of hydrogen-bond acceptors (Lipinski definition) is 3. The largest absolute Gasteiger partial charge is 0.382 e. The van der Waals surface area contributed by atoms with E-state index >= 15 is 0 Å². The first kappa shape index (κ1) is 13.1. The van der Waals surface area contributed by atoms with E-state index in [1.54, 1.807) is 19.1 Å². The van der Waals surface area contributed by atoms with Gasteiger partial charge < -0.3 is 5.11 Å². The van der Waals surface area contributed by atoms with E-state index in [0.29, 0.717) is 13.0 Å². The molecule has 0 bridgehead atoms. The van der Waals surface area contributed by atoms with Crippen LogP contribution in [0.1, 0.15) is 18.9 Å². The standard InChI is InChI=1S/C16H18N2O2/c1-15(20)8-10-16(11-9-15,13-5-3-2-4-6-13)18-12-7-14(19)17-18/h2-6,8-11,20H,7,12H2,1H3,(H,17,19). The highest BCUT2D eigenvalue weighted by Gasteiger charge is 2.40. The first-order valence-corrected chi connectivity index (χ1v) is 6.78. The summed E-state index contributed by atoms with van der Waals surface area (Å²) in [7, 11) is 0. The zero-order valence-corrected chi connectivity index (χ0v) is 11.4. The smallest absolute Gasteiger partial charge is 0.235 e. The van der Waals surface area contributed by atoms with Gasteiger partial charge >= 0.3 is 0 Å². The second-order valence-corrected chi connectivity index (χ2v) is 5.52. The van der Waals surface area contributed by atoms with Gasteiger partial charge in [-0.05, 0) is 12.5 Å². The van der Waals surface area contributed by atoms with Gasteiger partial charge in [0.05, 0.1) is 5.60 Å². The summed E-state index contributed by atoms with van der Waals surface area (Å²) in [6.07, 6.45) is 7.93. The molecule has 1 amide bonds. The van der Waals surface area contributed by atoms with Crippen molar-refractivity contribution in [3.8, 4) is 0 Å². The second-order valence-electron chi connectivity index (χ2n) is 5.52. The molecule has 20 heavy (non-hydrogen) atoms. The van der Waals surface area contributed by atoms with E-state index in [1.807, 2.05) is 47.5 Å². The molecule has 3 rings (SSSR count). The SMILES string of the molecule is CC1(O)C=CC(c2ccccc2)(N2CCC(=O)N2)C=C1. The normalized spacial score (nSPS) is 33.4. The van der Waals surface area contributed by atoms with Crippen LogP contribution in [0, 0.1) is 0 Å². The van der Waals surface area contributed by atoms with Crippen molar-refractivity contribution in [1.82, 2.24) is 10.4 Å². The average Bonchev–Trinajstić information content (AvgIpc) is 2.87. The lowest BCUT2D eigenvalue weighted by Gasteiger charge is -2.40. The summed E-state index contributed by atoms with van der Waals surface area (Å²) >= 11 is 0. The van der Waals surface area contributed by atoms with Crippen LogP contribution in [0.3, 0.4) is 0 Å². The van der Waals surface area contributed by atoms with Gasteiger partial charge in [0.2, 0.25) is 5.91 Å². The minimum Gasteiger partial charge on any atom is -0.382 e. The van der Waals surface area contributed by atoms with Crippen LogP contribution in [0.15, 0.2) is 54.6 Å². The molecule has 1 aromatic carbocycles. The Labute approximate surface area is 118 Å². The van der Waals surface area contributed by atoms with Crippen LogP contribution in [0.25, 0.3) is 0 Å². The third kappa shape index (κ3) is 2.17. The quantitative estimate of drug-likeness (QED) is 0.801. The average molecular weight is 270 g/mol. The topological polar surface area (TPSA) is 52.6 Å². The van der Waals surface area contributed by atoms with Gasteiger partial charge in [-0.25, -0.2) is 5.01 Å². The minimum atomic E-state index is -0.942. The van der Waals surface area contributed by atoms with Crippen molar-refractivity contribution in [2.75, 3.05) is 6.54 Å². The van der Waals surface area contributed by atoms with Crippen LogP contribution in [0.5, 0.6) is 0 Å². The Morgan fingerprint density at radius 1 is 1.15 bits per heavy atom. The molecule has 0 aromatic heterocycles. The molecule has 0 spiro atoms. The van der Waals surface area contributed by atoms with Crippen LogP contribution in [-0.4, -0.2) is 28.2 Å². The van der Waals surface area contributed by atoms with E-state index in [2.05, 4.69) is 5.43 Å². The molecule has 1 aliphatic heterocycles. The molecule has 4 heteroatoms. The number of nitrogens with zero attached hydrogens (tertiary/aromatic N) is 1. The van der Waals surface area contributed by atoms with Crippen molar-refractivity contribution in [3.05, 3.63) is 60.2 Å². The third-order valence-corrected chi connectivity index (χ3v) is 3.85. The molecular weight excluding hydrogens is 252 g/mol. The number of carbonyl (C=O) groups excluding carboxylic acids is 1. The molecule has 1 heterocycles. The van der Waals surface area contributed by atoms with Gasteiger partial charge in [0, 0.05) is 13.0 Å². The van der Waals surface area contributed by atoms with Crippen molar-refractivity contribution in [2.24, 2.45) is 0 Å². The van der Waals surface area contributed by atoms with E-state index in [4.69, 9.17) is 0 Å². The Bertz CT molecular complexity index is 559. The predicted octanol–water partition coefficient (Wildman–Crippen LogP) is 1.50. The lowest BCUT2D eigenvalue weighted by molar-refractivity contribution is -0.121. The molecule has 2 N–H and O–H groups in total. The molecular formula is C16H18N2O2. The Morgan fingerprint density at radius 2 is 1.80 bits per heavy atom. The zero-order chi connectivity index (χ0) is 14.2. The minimum absolute atomic E-state index is 0.0273. The van der Waals surface area contributed by atoms with E-state index < -0.39 is 11.1 Å². The molecule has 0 saturated carbocycles. The fourth-order valence-corrected chi connectivity index (χ4v) is 2.69. The fourth-order valence-electron chi connectivity index (χ4n) is 2.69. The molecule has 0 atom stereocenters. The van der Waals surface area contributed by atoms with Crippen molar-refractivity contribution in [3.63, 3.8) is 0 Å². The molecule has 1 fully saturated rings. The van der Waals surface area contributed by atoms with Gasteiger partial charge in [0.1, 0.15) is 5.54 Å². The summed E-state index contributed by atoms with van der Waals surface area (Å²) < 4.78 is 0. The summed E-state index contributed by atoms with van der Waals surface area (Å²) in [5, 5.41) is 12.0.